The number of anilines is 1. The Morgan fingerprint density at radius 1 is 1.07 bits per heavy atom. The maximum absolute atomic E-state index is 12.4. The highest BCUT2D eigenvalue weighted by Gasteiger charge is 2.11. The van der Waals surface area contributed by atoms with Crippen LogP contribution in [0.2, 0.25) is 5.02 Å². The van der Waals surface area contributed by atoms with Gasteiger partial charge >= 0.3 is 0 Å². The van der Waals surface area contributed by atoms with E-state index in [1.807, 2.05) is 69.2 Å². The Labute approximate surface area is 164 Å². The van der Waals surface area contributed by atoms with E-state index in [1.165, 1.54) is 0 Å². The van der Waals surface area contributed by atoms with Crippen molar-refractivity contribution in [2.24, 2.45) is 0 Å². The van der Waals surface area contributed by atoms with Crippen LogP contribution in [0.5, 0.6) is 0 Å². The molecule has 1 N–H and O–H groups in total. The SMILES string of the molecule is Cc1nn(-c2ccc(C(=O)NCc3ccc(N(C)C)cc3)cc2)c(C)c1Cl. The van der Waals surface area contributed by atoms with Crippen LogP contribution in [-0.2, 0) is 6.54 Å². The van der Waals surface area contributed by atoms with Gasteiger partial charge in [-0.15, -0.1) is 0 Å². The number of hydrogen-bond donors (Lipinski definition) is 1. The predicted molar refractivity (Wildman–Crippen MR) is 110 cm³/mol. The predicted octanol–water partition coefficient (Wildman–Crippen LogP) is 4.14. The van der Waals surface area contributed by atoms with E-state index in [9.17, 15) is 4.79 Å². The van der Waals surface area contributed by atoms with E-state index < -0.39 is 0 Å². The second kappa shape index (κ2) is 7.84. The third-order valence-electron chi connectivity index (χ3n) is 4.48. The van der Waals surface area contributed by atoms with Crippen molar-refractivity contribution in [1.82, 2.24) is 15.1 Å². The van der Waals surface area contributed by atoms with Crippen LogP contribution in [0.3, 0.4) is 0 Å². The van der Waals surface area contributed by atoms with Gasteiger partial charge in [-0.25, -0.2) is 4.68 Å². The molecule has 0 radical (unpaired) electrons. The van der Waals surface area contributed by atoms with Crippen LogP contribution < -0.4 is 10.2 Å². The highest BCUT2D eigenvalue weighted by molar-refractivity contribution is 6.31. The first-order chi connectivity index (χ1) is 12.9. The minimum absolute atomic E-state index is 0.107. The number of nitrogens with zero attached hydrogens (tertiary/aromatic N) is 3. The van der Waals surface area contributed by atoms with Gasteiger partial charge in [-0.2, -0.15) is 5.10 Å². The van der Waals surface area contributed by atoms with Crippen molar-refractivity contribution in [3.05, 3.63) is 76.1 Å². The van der Waals surface area contributed by atoms with Crippen molar-refractivity contribution in [2.45, 2.75) is 20.4 Å². The smallest absolute Gasteiger partial charge is 0.251 e. The number of rotatable bonds is 5. The molecule has 1 aromatic heterocycles. The molecule has 0 aliphatic rings. The average molecular weight is 383 g/mol. The summed E-state index contributed by atoms with van der Waals surface area (Å²) in [5, 5.41) is 8.05. The highest BCUT2D eigenvalue weighted by atomic mass is 35.5. The molecule has 3 rings (SSSR count). The van der Waals surface area contributed by atoms with Crippen LogP contribution in [0.15, 0.2) is 48.5 Å². The average Bonchev–Trinajstić information content (AvgIpc) is 2.94. The first kappa shape index (κ1) is 19.0. The fourth-order valence-corrected chi connectivity index (χ4v) is 2.94. The summed E-state index contributed by atoms with van der Waals surface area (Å²) in [5.41, 5.74) is 5.34. The lowest BCUT2D eigenvalue weighted by Gasteiger charge is -2.13. The number of amides is 1. The summed E-state index contributed by atoms with van der Waals surface area (Å²) in [6, 6.07) is 15.4. The van der Waals surface area contributed by atoms with E-state index in [-0.39, 0.29) is 5.91 Å². The van der Waals surface area contributed by atoms with E-state index in [1.54, 1.807) is 16.8 Å². The standard InChI is InChI=1S/C21H23ClN4O/c1-14-20(22)15(2)26(24-14)19-11-7-17(8-12-19)21(27)23-13-16-5-9-18(10-6-16)25(3)4/h5-12H,13H2,1-4H3,(H,23,27). The minimum atomic E-state index is -0.107. The summed E-state index contributed by atoms with van der Waals surface area (Å²) in [6.07, 6.45) is 0. The van der Waals surface area contributed by atoms with Crippen LogP contribution in [0.25, 0.3) is 5.69 Å². The van der Waals surface area contributed by atoms with Gasteiger partial charge < -0.3 is 10.2 Å². The molecule has 6 heteroatoms. The van der Waals surface area contributed by atoms with Crippen LogP contribution in [0.1, 0.15) is 27.3 Å². The molecular weight excluding hydrogens is 360 g/mol. The monoisotopic (exact) mass is 382 g/mol. The Balaban J connectivity index is 1.66. The van der Waals surface area contributed by atoms with Crippen molar-refractivity contribution in [2.75, 3.05) is 19.0 Å². The van der Waals surface area contributed by atoms with Gasteiger partial charge in [0, 0.05) is 31.9 Å². The van der Waals surface area contributed by atoms with Crippen molar-refractivity contribution < 1.29 is 4.79 Å². The van der Waals surface area contributed by atoms with Crippen molar-refractivity contribution in [3.63, 3.8) is 0 Å². The van der Waals surface area contributed by atoms with Gasteiger partial charge in [0.05, 0.1) is 22.1 Å². The van der Waals surface area contributed by atoms with Crippen LogP contribution in [0, 0.1) is 13.8 Å². The molecule has 1 amide bonds. The van der Waals surface area contributed by atoms with E-state index in [4.69, 9.17) is 11.6 Å². The first-order valence-electron chi connectivity index (χ1n) is 8.73. The van der Waals surface area contributed by atoms with Crippen LogP contribution >= 0.6 is 11.6 Å². The zero-order chi connectivity index (χ0) is 19.6. The molecule has 0 bridgehead atoms. The number of aryl methyl sites for hydroxylation is 1. The summed E-state index contributed by atoms with van der Waals surface area (Å²) in [4.78, 5) is 14.4. The molecule has 140 valence electrons. The summed E-state index contributed by atoms with van der Waals surface area (Å²) in [5.74, 6) is -0.107. The Morgan fingerprint density at radius 2 is 1.70 bits per heavy atom. The van der Waals surface area contributed by atoms with Gasteiger partial charge in [0.25, 0.3) is 5.91 Å². The lowest BCUT2D eigenvalue weighted by molar-refractivity contribution is 0.0951. The van der Waals surface area contributed by atoms with E-state index in [0.717, 1.165) is 28.3 Å². The molecule has 0 spiro atoms. The third kappa shape index (κ3) is 4.14. The number of nitrogens with one attached hydrogen (secondary N) is 1. The lowest BCUT2D eigenvalue weighted by Crippen LogP contribution is -2.22. The van der Waals surface area contributed by atoms with Gasteiger partial charge in [0.2, 0.25) is 0 Å². The molecule has 2 aromatic carbocycles. The molecule has 1 heterocycles. The summed E-state index contributed by atoms with van der Waals surface area (Å²) < 4.78 is 1.78. The summed E-state index contributed by atoms with van der Waals surface area (Å²) in [7, 11) is 4.00. The molecule has 0 aliphatic heterocycles. The first-order valence-corrected chi connectivity index (χ1v) is 9.11. The summed E-state index contributed by atoms with van der Waals surface area (Å²) in [6.45, 7) is 4.28. The van der Waals surface area contributed by atoms with Crippen molar-refractivity contribution in [3.8, 4) is 5.69 Å². The van der Waals surface area contributed by atoms with Gasteiger partial charge in [-0.3, -0.25) is 4.79 Å². The summed E-state index contributed by atoms with van der Waals surface area (Å²) >= 11 is 6.21. The molecule has 0 fully saturated rings. The van der Waals surface area contributed by atoms with Crippen LogP contribution in [0.4, 0.5) is 5.69 Å². The number of benzene rings is 2. The third-order valence-corrected chi connectivity index (χ3v) is 5.03. The normalized spacial score (nSPS) is 10.7. The molecule has 0 saturated heterocycles. The van der Waals surface area contributed by atoms with Crippen molar-refractivity contribution >= 4 is 23.2 Å². The fourth-order valence-electron chi connectivity index (χ4n) is 2.83. The maximum atomic E-state index is 12.4. The van der Waals surface area contributed by atoms with Crippen molar-refractivity contribution in [1.29, 1.82) is 0 Å². The molecule has 0 aliphatic carbocycles. The zero-order valence-electron chi connectivity index (χ0n) is 16.0. The molecule has 0 atom stereocenters. The molecular formula is C21H23ClN4O. The molecule has 0 unspecified atom stereocenters. The quantitative estimate of drug-likeness (QED) is 0.721. The molecule has 5 nitrogen and oxygen atoms in total. The van der Waals surface area contributed by atoms with Gasteiger partial charge in [-0.1, -0.05) is 23.7 Å². The largest absolute Gasteiger partial charge is 0.378 e. The van der Waals surface area contributed by atoms with Gasteiger partial charge in [0.1, 0.15) is 0 Å². The Hall–Kier alpha value is -2.79. The van der Waals surface area contributed by atoms with Gasteiger partial charge in [-0.05, 0) is 55.8 Å². The second-order valence-corrected chi connectivity index (χ2v) is 7.06. The second-order valence-electron chi connectivity index (χ2n) is 6.69. The number of halogens is 1. The Morgan fingerprint density at radius 3 is 2.22 bits per heavy atom. The fraction of sp³-hybridized carbons (Fsp3) is 0.238. The number of carbonyl (C=O) groups excluding carboxylic acids is 1. The maximum Gasteiger partial charge on any atom is 0.251 e. The molecule has 0 saturated carbocycles. The minimum Gasteiger partial charge on any atom is -0.378 e. The topological polar surface area (TPSA) is 50.2 Å². The number of carbonyl (C=O) groups is 1. The number of aromatic nitrogens is 2. The van der Waals surface area contributed by atoms with Crippen LogP contribution in [-0.4, -0.2) is 29.8 Å². The highest BCUT2D eigenvalue weighted by Crippen LogP contribution is 2.22. The molecule has 27 heavy (non-hydrogen) atoms. The Bertz CT molecular complexity index is 944. The Kier molecular flexibility index (Phi) is 5.51. The van der Waals surface area contributed by atoms with Gasteiger partial charge in [0.15, 0.2) is 0 Å². The van der Waals surface area contributed by atoms with E-state index in [2.05, 4.69) is 10.4 Å². The molecule has 3 aromatic rings. The van der Waals surface area contributed by atoms with E-state index >= 15 is 0 Å². The lowest BCUT2D eigenvalue weighted by atomic mass is 10.1. The van der Waals surface area contributed by atoms with E-state index in [0.29, 0.717) is 17.1 Å². The zero-order valence-corrected chi connectivity index (χ0v) is 16.7. The number of hydrogen-bond acceptors (Lipinski definition) is 3.